The number of pyridine rings is 1. The Balaban J connectivity index is 2.01. The molecule has 0 radical (unpaired) electrons. The van der Waals surface area contributed by atoms with E-state index < -0.39 is 0 Å². The first kappa shape index (κ1) is 9.96. The van der Waals surface area contributed by atoms with Gasteiger partial charge in [-0.1, -0.05) is 6.07 Å². The fraction of sp³-hybridized carbons (Fsp3) is 0.455. The summed E-state index contributed by atoms with van der Waals surface area (Å²) in [4.78, 5) is 22.9. The van der Waals surface area contributed by atoms with Crippen LogP contribution in [0.4, 0.5) is 0 Å². The zero-order valence-electron chi connectivity index (χ0n) is 8.69. The molecular formula is C11H14N2O2. The van der Waals surface area contributed by atoms with E-state index in [1.54, 1.807) is 25.4 Å². The van der Waals surface area contributed by atoms with Gasteiger partial charge in [0.2, 0.25) is 5.91 Å². The highest BCUT2D eigenvalue weighted by atomic mass is 16.2. The van der Waals surface area contributed by atoms with Crippen molar-refractivity contribution >= 4 is 5.91 Å². The summed E-state index contributed by atoms with van der Waals surface area (Å²) < 4.78 is 1.51. The molecule has 1 N–H and O–H groups in total. The smallest absolute Gasteiger partial charge is 0.255 e. The lowest BCUT2D eigenvalue weighted by atomic mass is 10.2. The lowest BCUT2D eigenvalue weighted by Gasteiger charge is -2.04. The summed E-state index contributed by atoms with van der Waals surface area (Å²) >= 11 is 0. The van der Waals surface area contributed by atoms with Gasteiger partial charge >= 0.3 is 0 Å². The Morgan fingerprint density at radius 3 is 3.00 bits per heavy atom. The van der Waals surface area contributed by atoms with Gasteiger partial charge in [-0.3, -0.25) is 9.59 Å². The minimum atomic E-state index is -0.0476. The molecule has 1 heterocycles. The summed E-state index contributed by atoms with van der Waals surface area (Å²) in [5, 5.41) is 2.78. The maximum absolute atomic E-state index is 11.6. The molecule has 1 aromatic heterocycles. The van der Waals surface area contributed by atoms with Gasteiger partial charge in [0.25, 0.3) is 5.56 Å². The molecule has 2 rings (SSSR count). The quantitative estimate of drug-likeness (QED) is 0.778. The monoisotopic (exact) mass is 206 g/mol. The molecule has 0 bridgehead atoms. The molecule has 0 spiro atoms. The first-order valence-electron chi connectivity index (χ1n) is 5.10. The van der Waals surface area contributed by atoms with Gasteiger partial charge in [0.1, 0.15) is 0 Å². The van der Waals surface area contributed by atoms with E-state index >= 15 is 0 Å². The van der Waals surface area contributed by atoms with Crippen LogP contribution in [-0.2, 0) is 18.4 Å². The Morgan fingerprint density at radius 1 is 1.60 bits per heavy atom. The van der Waals surface area contributed by atoms with Gasteiger partial charge in [-0.05, 0) is 18.9 Å². The van der Waals surface area contributed by atoms with Crippen LogP contribution in [0.5, 0.6) is 0 Å². The van der Waals surface area contributed by atoms with Crippen LogP contribution in [0.25, 0.3) is 0 Å². The van der Waals surface area contributed by atoms with Gasteiger partial charge in [0, 0.05) is 31.3 Å². The second-order valence-electron chi connectivity index (χ2n) is 3.94. The molecule has 0 aliphatic heterocycles. The summed E-state index contributed by atoms with van der Waals surface area (Å²) in [6.45, 7) is 0.336. The Hall–Kier alpha value is -1.58. The Labute approximate surface area is 87.9 Å². The van der Waals surface area contributed by atoms with Gasteiger partial charge in [-0.15, -0.1) is 0 Å². The third-order valence-electron chi connectivity index (χ3n) is 2.60. The highest BCUT2D eigenvalue weighted by Gasteiger charge is 2.29. The van der Waals surface area contributed by atoms with E-state index in [9.17, 15) is 9.59 Å². The van der Waals surface area contributed by atoms with Crippen LogP contribution in [-0.4, -0.2) is 10.5 Å². The molecule has 0 saturated heterocycles. The van der Waals surface area contributed by atoms with E-state index in [-0.39, 0.29) is 17.4 Å². The van der Waals surface area contributed by atoms with Crippen LogP contribution in [0, 0.1) is 5.92 Å². The first-order chi connectivity index (χ1) is 7.18. The number of nitrogens with zero attached hydrogens (tertiary/aromatic N) is 1. The van der Waals surface area contributed by atoms with Crippen molar-refractivity contribution in [3.05, 3.63) is 34.2 Å². The van der Waals surface area contributed by atoms with E-state index in [1.807, 2.05) is 0 Å². The minimum absolute atomic E-state index is 0.0476. The standard InChI is InChI=1S/C11H14N2O2/c1-13-6-2-3-9(11(13)15)7-12-10(14)8-4-5-8/h2-3,6,8H,4-5,7H2,1H3,(H,12,14). The third-order valence-corrected chi connectivity index (χ3v) is 2.60. The molecule has 0 atom stereocenters. The number of rotatable bonds is 3. The number of nitrogens with one attached hydrogen (secondary N) is 1. The fourth-order valence-electron chi connectivity index (χ4n) is 1.46. The molecule has 4 heteroatoms. The second-order valence-corrected chi connectivity index (χ2v) is 3.94. The molecule has 4 nitrogen and oxygen atoms in total. The zero-order valence-corrected chi connectivity index (χ0v) is 8.69. The number of amides is 1. The largest absolute Gasteiger partial charge is 0.352 e. The second kappa shape index (κ2) is 3.88. The number of carbonyl (C=O) groups is 1. The molecule has 15 heavy (non-hydrogen) atoms. The zero-order chi connectivity index (χ0) is 10.8. The lowest BCUT2D eigenvalue weighted by molar-refractivity contribution is -0.122. The van der Waals surface area contributed by atoms with Crippen molar-refractivity contribution in [1.29, 1.82) is 0 Å². The molecule has 0 unspecified atom stereocenters. The predicted octanol–water partition coefficient (Wildman–Crippen LogP) is 0.412. The molecule has 1 amide bonds. The minimum Gasteiger partial charge on any atom is -0.352 e. The Morgan fingerprint density at radius 2 is 2.33 bits per heavy atom. The summed E-state index contributed by atoms with van der Waals surface area (Å²) in [6.07, 6.45) is 3.67. The van der Waals surface area contributed by atoms with Crippen LogP contribution in [0.15, 0.2) is 23.1 Å². The molecule has 0 aromatic carbocycles. The summed E-state index contributed by atoms with van der Waals surface area (Å²) in [7, 11) is 1.70. The number of aryl methyl sites for hydroxylation is 1. The van der Waals surface area contributed by atoms with E-state index in [4.69, 9.17) is 0 Å². The molecule has 1 aliphatic rings. The Kier molecular flexibility index (Phi) is 2.58. The van der Waals surface area contributed by atoms with Crippen molar-refractivity contribution in [1.82, 2.24) is 9.88 Å². The van der Waals surface area contributed by atoms with Crippen LogP contribution in [0.3, 0.4) is 0 Å². The molecule has 80 valence electrons. The normalized spacial score (nSPS) is 15.0. The maximum atomic E-state index is 11.6. The van der Waals surface area contributed by atoms with Gasteiger partial charge in [0.05, 0.1) is 0 Å². The topological polar surface area (TPSA) is 51.1 Å². The van der Waals surface area contributed by atoms with Gasteiger partial charge < -0.3 is 9.88 Å². The molecule has 1 saturated carbocycles. The average molecular weight is 206 g/mol. The Bertz CT molecular complexity index is 432. The highest BCUT2D eigenvalue weighted by Crippen LogP contribution is 2.28. The van der Waals surface area contributed by atoms with E-state index in [0.29, 0.717) is 12.1 Å². The van der Waals surface area contributed by atoms with Crippen molar-refractivity contribution < 1.29 is 4.79 Å². The van der Waals surface area contributed by atoms with Gasteiger partial charge in [0.15, 0.2) is 0 Å². The fourth-order valence-corrected chi connectivity index (χ4v) is 1.46. The van der Waals surface area contributed by atoms with Gasteiger partial charge in [-0.25, -0.2) is 0 Å². The maximum Gasteiger partial charge on any atom is 0.255 e. The van der Waals surface area contributed by atoms with Gasteiger partial charge in [-0.2, -0.15) is 0 Å². The van der Waals surface area contributed by atoms with Crippen LogP contribution in [0.2, 0.25) is 0 Å². The van der Waals surface area contributed by atoms with Crippen LogP contribution < -0.4 is 10.9 Å². The summed E-state index contributed by atoms with van der Waals surface area (Å²) in [5.74, 6) is 0.262. The SMILES string of the molecule is Cn1cccc(CNC(=O)C2CC2)c1=O. The third kappa shape index (κ3) is 2.26. The summed E-state index contributed by atoms with van der Waals surface area (Å²) in [6, 6.07) is 3.55. The molecule has 1 aromatic rings. The molecule has 1 fully saturated rings. The number of hydrogen-bond acceptors (Lipinski definition) is 2. The first-order valence-corrected chi connectivity index (χ1v) is 5.10. The van der Waals surface area contributed by atoms with Crippen molar-refractivity contribution in [3.63, 3.8) is 0 Å². The predicted molar refractivity (Wildman–Crippen MR) is 56.3 cm³/mol. The molecular weight excluding hydrogens is 192 g/mol. The van der Waals surface area contributed by atoms with Crippen molar-refractivity contribution in [2.24, 2.45) is 13.0 Å². The molecule has 1 aliphatic carbocycles. The van der Waals surface area contributed by atoms with Crippen molar-refractivity contribution in [2.45, 2.75) is 19.4 Å². The van der Waals surface area contributed by atoms with E-state index in [0.717, 1.165) is 12.8 Å². The van der Waals surface area contributed by atoms with Crippen LogP contribution >= 0.6 is 0 Å². The number of hydrogen-bond donors (Lipinski definition) is 1. The highest BCUT2D eigenvalue weighted by molar-refractivity contribution is 5.80. The number of aromatic nitrogens is 1. The van der Waals surface area contributed by atoms with Crippen LogP contribution in [0.1, 0.15) is 18.4 Å². The summed E-state index contributed by atoms with van der Waals surface area (Å²) in [5.41, 5.74) is 0.586. The lowest BCUT2D eigenvalue weighted by Crippen LogP contribution is -2.29. The van der Waals surface area contributed by atoms with Crippen molar-refractivity contribution in [2.75, 3.05) is 0 Å². The van der Waals surface area contributed by atoms with Crippen molar-refractivity contribution in [3.8, 4) is 0 Å². The van der Waals surface area contributed by atoms with E-state index in [1.165, 1.54) is 4.57 Å². The van der Waals surface area contributed by atoms with E-state index in [2.05, 4.69) is 5.32 Å². The average Bonchev–Trinajstić information content (AvgIpc) is 3.03. The number of carbonyl (C=O) groups excluding carboxylic acids is 1.